The molecule has 0 aliphatic rings. The van der Waals surface area contributed by atoms with E-state index in [-0.39, 0.29) is 32.8 Å². The van der Waals surface area contributed by atoms with Gasteiger partial charge in [0.25, 0.3) is 6.67 Å². The Morgan fingerprint density at radius 3 is 2.15 bits per heavy atom. The SMILES string of the molecule is [C-]#[N+]CN(CC(=O)O)[C@@H](C)CN(CC(N)=O)CC(=O)O. The first kappa shape index (κ1) is 17.8. The molecule has 1 amide bonds. The first-order chi connectivity index (χ1) is 9.26. The van der Waals surface area contributed by atoms with Crippen molar-refractivity contribution in [2.45, 2.75) is 13.0 Å². The maximum Gasteiger partial charge on any atom is 0.317 e. The lowest BCUT2D eigenvalue weighted by atomic mass is 10.2. The van der Waals surface area contributed by atoms with E-state index in [1.807, 2.05) is 0 Å². The van der Waals surface area contributed by atoms with E-state index in [1.54, 1.807) is 6.92 Å². The normalized spacial score (nSPS) is 12.1. The number of aliphatic carboxylic acids is 2. The number of hydrogen-bond acceptors (Lipinski definition) is 5. The van der Waals surface area contributed by atoms with Crippen molar-refractivity contribution >= 4 is 17.8 Å². The average Bonchev–Trinajstić information content (AvgIpc) is 2.25. The van der Waals surface area contributed by atoms with Crippen LogP contribution in [0.15, 0.2) is 0 Å². The number of carboxylic acid groups (broad SMARTS) is 2. The Kier molecular flexibility index (Phi) is 7.88. The largest absolute Gasteiger partial charge is 0.480 e. The fourth-order valence-electron chi connectivity index (χ4n) is 1.70. The van der Waals surface area contributed by atoms with E-state index in [2.05, 4.69) is 4.85 Å². The highest BCUT2D eigenvalue weighted by atomic mass is 16.4. The van der Waals surface area contributed by atoms with Gasteiger partial charge in [0.2, 0.25) is 5.91 Å². The van der Waals surface area contributed by atoms with Crippen molar-refractivity contribution in [2.75, 3.05) is 32.8 Å². The molecule has 0 aliphatic carbocycles. The van der Waals surface area contributed by atoms with E-state index >= 15 is 0 Å². The van der Waals surface area contributed by atoms with Gasteiger partial charge in [-0.05, 0) is 6.92 Å². The molecule has 0 aromatic rings. The summed E-state index contributed by atoms with van der Waals surface area (Å²) in [6, 6.07) is -0.404. The second kappa shape index (κ2) is 8.84. The van der Waals surface area contributed by atoms with Crippen LogP contribution in [-0.2, 0) is 14.4 Å². The first-order valence-electron chi connectivity index (χ1n) is 5.77. The molecule has 0 saturated heterocycles. The van der Waals surface area contributed by atoms with Gasteiger partial charge in [-0.2, -0.15) is 0 Å². The van der Waals surface area contributed by atoms with Crippen LogP contribution in [0.3, 0.4) is 0 Å². The summed E-state index contributed by atoms with van der Waals surface area (Å²) in [5.41, 5.74) is 5.03. The molecule has 1 atom stereocenters. The predicted octanol–water partition coefficient (Wildman–Crippen LogP) is -1.49. The Balaban J connectivity index is 4.70. The van der Waals surface area contributed by atoms with Crippen LogP contribution in [0.25, 0.3) is 4.85 Å². The fourth-order valence-corrected chi connectivity index (χ4v) is 1.70. The van der Waals surface area contributed by atoms with Gasteiger partial charge in [-0.15, -0.1) is 0 Å². The zero-order chi connectivity index (χ0) is 15.7. The minimum atomic E-state index is -1.12. The van der Waals surface area contributed by atoms with Crippen molar-refractivity contribution in [3.05, 3.63) is 11.4 Å². The van der Waals surface area contributed by atoms with Crippen molar-refractivity contribution in [2.24, 2.45) is 5.73 Å². The summed E-state index contributed by atoms with van der Waals surface area (Å²) in [7, 11) is 0. The molecule has 4 N–H and O–H groups in total. The van der Waals surface area contributed by atoms with Gasteiger partial charge in [-0.25, -0.2) is 11.5 Å². The van der Waals surface area contributed by atoms with Gasteiger partial charge in [-0.3, -0.25) is 24.1 Å². The molecule has 0 heterocycles. The van der Waals surface area contributed by atoms with Crippen LogP contribution in [0.5, 0.6) is 0 Å². The van der Waals surface area contributed by atoms with Crippen LogP contribution in [0.1, 0.15) is 6.92 Å². The van der Waals surface area contributed by atoms with Crippen molar-refractivity contribution in [3.63, 3.8) is 0 Å². The number of carboxylic acids is 2. The molecule has 0 unspecified atom stereocenters. The summed E-state index contributed by atoms with van der Waals surface area (Å²) in [5, 5.41) is 17.5. The molecule has 0 saturated carbocycles. The van der Waals surface area contributed by atoms with Crippen LogP contribution >= 0.6 is 0 Å². The van der Waals surface area contributed by atoms with Gasteiger partial charge < -0.3 is 15.9 Å². The van der Waals surface area contributed by atoms with Crippen LogP contribution in [0, 0.1) is 6.57 Å². The lowest BCUT2D eigenvalue weighted by Gasteiger charge is -2.28. The highest BCUT2D eigenvalue weighted by Crippen LogP contribution is 2.03. The van der Waals surface area contributed by atoms with Gasteiger partial charge >= 0.3 is 11.9 Å². The summed E-state index contributed by atoms with van der Waals surface area (Å²) in [6.07, 6.45) is 0. The van der Waals surface area contributed by atoms with E-state index in [9.17, 15) is 14.4 Å². The van der Waals surface area contributed by atoms with Crippen molar-refractivity contribution in [1.82, 2.24) is 9.80 Å². The Morgan fingerprint density at radius 2 is 1.75 bits per heavy atom. The molecule has 9 nitrogen and oxygen atoms in total. The molecular formula is C11H18N4O5. The van der Waals surface area contributed by atoms with E-state index in [1.165, 1.54) is 9.80 Å². The van der Waals surface area contributed by atoms with E-state index < -0.39 is 23.9 Å². The van der Waals surface area contributed by atoms with Crippen LogP contribution in [-0.4, -0.2) is 76.7 Å². The van der Waals surface area contributed by atoms with Crippen LogP contribution in [0.2, 0.25) is 0 Å². The average molecular weight is 286 g/mol. The molecule has 0 aromatic heterocycles. The molecule has 0 spiro atoms. The molecular weight excluding hydrogens is 268 g/mol. The van der Waals surface area contributed by atoms with Gasteiger partial charge in [0.05, 0.1) is 13.1 Å². The number of hydrogen-bond donors (Lipinski definition) is 3. The van der Waals surface area contributed by atoms with Crippen LogP contribution < -0.4 is 5.73 Å². The Morgan fingerprint density at radius 1 is 1.20 bits per heavy atom. The first-order valence-corrected chi connectivity index (χ1v) is 5.77. The quantitative estimate of drug-likeness (QED) is 0.417. The summed E-state index contributed by atoms with van der Waals surface area (Å²) < 4.78 is 0. The molecule has 0 aromatic carbocycles. The third kappa shape index (κ3) is 8.02. The fraction of sp³-hybridized carbons (Fsp3) is 0.636. The molecule has 20 heavy (non-hydrogen) atoms. The molecule has 0 radical (unpaired) electrons. The minimum absolute atomic E-state index is 0.120. The summed E-state index contributed by atoms with van der Waals surface area (Å²) in [6.45, 7) is 7.49. The van der Waals surface area contributed by atoms with Crippen molar-refractivity contribution in [1.29, 1.82) is 0 Å². The molecule has 0 bridgehead atoms. The third-order valence-corrected chi connectivity index (χ3v) is 2.47. The third-order valence-electron chi connectivity index (χ3n) is 2.47. The van der Waals surface area contributed by atoms with Crippen molar-refractivity contribution < 1.29 is 24.6 Å². The van der Waals surface area contributed by atoms with Crippen molar-refractivity contribution in [3.8, 4) is 0 Å². The molecule has 0 aliphatic heterocycles. The topological polar surface area (TPSA) is 129 Å². The molecule has 0 fully saturated rings. The zero-order valence-electron chi connectivity index (χ0n) is 11.2. The Hall–Kier alpha value is -2.18. The monoisotopic (exact) mass is 286 g/mol. The van der Waals surface area contributed by atoms with E-state index in [0.29, 0.717) is 0 Å². The summed E-state index contributed by atoms with van der Waals surface area (Å²) in [5.74, 6) is -2.87. The number of primary amides is 1. The smallest absolute Gasteiger partial charge is 0.317 e. The second-order valence-corrected chi connectivity index (χ2v) is 4.32. The molecule has 9 heteroatoms. The number of nitrogens with zero attached hydrogens (tertiary/aromatic N) is 3. The van der Waals surface area contributed by atoms with E-state index in [4.69, 9.17) is 22.5 Å². The maximum atomic E-state index is 10.9. The molecule has 112 valence electrons. The predicted molar refractivity (Wildman–Crippen MR) is 68.5 cm³/mol. The minimum Gasteiger partial charge on any atom is -0.480 e. The second-order valence-electron chi connectivity index (χ2n) is 4.32. The van der Waals surface area contributed by atoms with E-state index in [0.717, 1.165) is 0 Å². The summed E-state index contributed by atoms with van der Waals surface area (Å²) in [4.78, 5) is 38.1. The maximum absolute atomic E-state index is 10.9. The standard InChI is InChI=1S/C11H18N4O5/c1-8(15(7-13-2)6-11(19)20)3-14(4-9(12)16)5-10(17)18/h8H,3-7H2,1H3,(H2,12,16)(H,17,18)(H,19,20)/t8-/m0/s1. The van der Waals surface area contributed by atoms with Crippen LogP contribution in [0.4, 0.5) is 0 Å². The highest BCUT2D eigenvalue weighted by molar-refractivity contribution is 5.77. The Labute approximate surface area is 116 Å². The lowest BCUT2D eigenvalue weighted by Crippen LogP contribution is -2.47. The summed E-state index contributed by atoms with van der Waals surface area (Å²) >= 11 is 0. The van der Waals surface area contributed by atoms with Gasteiger partial charge in [0.15, 0.2) is 0 Å². The number of rotatable bonds is 10. The van der Waals surface area contributed by atoms with Gasteiger partial charge in [0.1, 0.15) is 6.54 Å². The number of amides is 1. The van der Waals surface area contributed by atoms with Gasteiger partial charge in [0, 0.05) is 12.6 Å². The lowest BCUT2D eigenvalue weighted by molar-refractivity contribution is -0.141. The zero-order valence-corrected chi connectivity index (χ0v) is 11.2. The Bertz CT molecular complexity index is 390. The number of carbonyl (C=O) groups excluding carboxylic acids is 1. The molecule has 0 rings (SSSR count). The van der Waals surface area contributed by atoms with Gasteiger partial charge in [-0.1, -0.05) is 0 Å². The number of carbonyl (C=O) groups is 3. The highest BCUT2D eigenvalue weighted by Gasteiger charge is 2.23. The number of nitrogens with two attached hydrogens (primary N) is 1.